The molecule has 0 fully saturated rings. The first-order chi connectivity index (χ1) is 12.5. The van der Waals surface area contributed by atoms with Crippen molar-refractivity contribution in [3.8, 4) is 5.75 Å². The average Bonchev–Trinajstić information content (AvgIpc) is 2.63. The molecule has 1 atom stereocenters. The van der Waals surface area contributed by atoms with Crippen molar-refractivity contribution in [2.45, 2.75) is 38.7 Å². The summed E-state index contributed by atoms with van der Waals surface area (Å²) in [5, 5.41) is 13.7. The fourth-order valence-corrected chi connectivity index (χ4v) is 3.22. The van der Waals surface area contributed by atoms with Gasteiger partial charge in [-0.3, -0.25) is 14.9 Å². The van der Waals surface area contributed by atoms with Crippen molar-refractivity contribution in [1.29, 1.82) is 0 Å². The molecule has 0 saturated carbocycles. The van der Waals surface area contributed by atoms with Crippen molar-refractivity contribution in [3.05, 3.63) is 62.7 Å². The summed E-state index contributed by atoms with van der Waals surface area (Å²) < 4.78 is 5.88. The lowest BCUT2D eigenvalue weighted by molar-refractivity contribution is -0.384. The number of ether oxygens (including phenoxy) is 1. The number of anilines is 1. The van der Waals surface area contributed by atoms with E-state index in [9.17, 15) is 14.9 Å². The zero-order valence-corrected chi connectivity index (χ0v) is 15.1. The molecule has 0 saturated heterocycles. The van der Waals surface area contributed by atoms with E-state index in [0.717, 1.165) is 37.0 Å². The average molecular weight is 375 g/mol. The Labute approximate surface area is 156 Å². The van der Waals surface area contributed by atoms with Crippen LogP contribution in [-0.4, -0.2) is 16.9 Å². The molecule has 1 aliphatic rings. The van der Waals surface area contributed by atoms with E-state index < -0.39 is 16.9 Å². The van der Waals surface area contributed by atoms with E-state index in [2.05, 4.69) is 11.4 Å². The van der Waals surface area contributed by atoms with Crippen LogP contribution in [-0.2, 0) is 17.6 Å². The number of carbonyl (C=O) groups excluding carboxylic acids is 1. The molecule has 26 heavy (non-hydrogen) atoms. The highest BCUT2D eigenvalue weighted by molar-refractivity contribution is 6.33. The van der Waals surface area contributed by atoms with Gasteiger partial charge in [0.05, 0.1) is 15.6 Å². The van der Waals surface area contributed by atoms with Gasteiger partial charge in [0.1, 0.15) is 5.75 Å². The molecule has 6 nitrogen and oxygen atoms in total. The smallest absolute Gasteiger partial charge is 0.271 e. The molecule has 0 aromatic heterocycles. The quantitative estimate of drug-likeness (QED) is 0.615. The number of nitrogens with one attached hydrogen (secondary N) is 1. The molecule has 0 spiro atoms. The number of carbonyl (C=O) groups is 1. The van der Waals surface area contributed by atoms with Crippen LogP contribution in [0.15, 0.2) is 36.4 Å². The second kappa shape index (κ2) is 7.74. The van der Waals surface area contributed by atoms with Gasteiger partial charge in [0.25, 0.3) is 11.6 Å². The van der Waals surface area contributed by atoms with E-state index in [1.807, 2.05) is 12.1 Å². The van der Waals surface area contributed by atoms with Gasteiger partial charge in [-0.2, -0.15) is 0 Å². The second-order valence-corrected chi connectivity index (χ2v) is 6.68. The molecule has 1 aliphatic carbocycles. The number of halogens is 1. The maximum atomic E-state index is 12.5. The number of amides is 1. The zero-order chi connectivity index (χ0) is 18.7. The highest BCUT2D eigenvalue weighted by Gasteiger charge is 2.21. The summed E-state index contributed by atoms with van der Waals surface area (Å²) in [6, 6.07) is 9.80. The van der Waals surface area contributed by atoms with Crippen LogP contribution in [0.4, 0.5) is 11.4 Å². The summed E-state index contributed by atoms with van der Waals surface area (Å²) >= 11 is 6.03. The van der Waals surface area contributed by atoms with Crippen LogP contribution in [0.5, 0.6) is 5.75 Å². The van der Waals surface area contributed by atoms with Crippen molar-refractivity contribution >= 4 is 28.9 Å². The Morgan fingerprint density at radius 1 is 1.27 bits per heavy atom. The Hall–Kier alpha value is -2.60. The van der Waals surface area contributed by atoms with E-state index >= 15 is 0 Å². The molecule has 0 aliphatic heterocycles. The summed E-state index contributed by atoms with van der Waals surface area (Å²) in [4.78, 5) is 22.8. The molecule has 0 bridgehead atoms. The Morgan fingerprint density at radius 2 is 2.04 bits per heavy atom. The van der Waals surface area contributed by atoms with Crippen LogP contribution in [0.3, 0.4) is 0 Å². The standard InChI is InChI=1S/C19H19ClN2O4/c1-12(26-18-8-4-6-13-5-2-3-7-15(13)18)19(23)21-17-11-14(22(24)25)9-10-16(17)20/h4,6,8-12H,2-3,5,7H2,1H3,(H,21,23)/t12-/m0/s1. The first-order valence-electron chi connectivity index (χ1n) is 8.48. The summed E-state index contributed by atoms with van der Waals surface area (Å²) in [5.41, 5.74) is 2.47. The highest BCUT2D eigenvalue weighted by atomic mass is 35.5. The van der Waals surface area contributed by atoms with Gasteiger partial charge >= 0.3 is 0 Å². The third kappa shape index (κ3) is 3.96. The van der Waals surface area contributed by atoms with E-state index in [4.69, 9.17) is 16.3 Å². The normalized spacial score (nSPS) is 14.2. The largest absolute Gasteiger partial charge is 0.481 e. The monoisotopic (exact) mass is 374 g/mol. The van der Waals surface area contributed by atoms with Crippen molar-refractivity contribution in [3.63, 3.8) is 0 Å². The van der Waals surface area contributed by atoms with Gasteiger partial charge in [0, 0.05) is 12.1 Å². The minimum atomic E-state index is -0.765. The number of hydrogen-bond acceptors (Lipinski definition) is 4. The summed E-state index contributed by atoms with van der Waals surface area (Å²) in [5.74, 6) is 0.302. The SMILES string of the molecule is C[C@H](Oc1cccc2c1CCCC2)C(=O)Nc1cc([N+](=O)[O-])ccc1Cl. The third-order valence-corrected chi connectivity index (χ3v) is 4.77. The van der Waals surface area contributed by atoms with E-state index in [1.165, 1.54) is 23.8 Å². The second-order valence-electron chi connectivity index (χ2n) is 6.27. The summed E-state index contributed by atoms with van der Waals surface area (Å²) in [7, 11) is 0. The number of fused-ring (bicyclic) bond motifs is 1. The lowest BCUT2D eigenvalue weighted by Crippen LogP contribution is -2.30. The number of hydrogen-bond donors (Lipinski definition) is 1. The Balaban J connectivity index is 1.73. The molecule has 2 aromatic rings. The summed E-state index contributed by atoms with van der Waals surface area (Å²) in [6.07, 6.45) is 3.47. The Morgan fingerprint density at radius 3 is 2.81 bits per heavy atom. The molecule has 0 radical (unpaired) electrons. The minimum Gasteiger partial charge on any atom is -0.481 e. The number of nitro benzene ring substituents is 1. The number of nitrogens with zero attached hydrogens (tertiary/aromatic N) is 1. The maximum Gasteiger partial charge on any atom is 0.271 e. The molecule has 1 N–H and O–H groups in total. The zero-order valence-electron chi connectivity index (χ0n) is 14.3. The molecule has 2 aromatic carbocycles. The third-order valence-electron chi connectivity index (χ3n) is 4.44. The molecule has 0 unspecified atom stereocenters. The van der Waals surface area contributed by atoms with Gasteiger partial charge in [-0.15, -0.1) is 0 Å². The number of benzene rings is 2. The van der Waals surface area contributed by atoms with Crippen molar-refractivity contribution in [2.75, 3.05) is 5.32 Å². The van der Waals surface area contributed by atoms with Gasteiger partial charge in [-0.25, -0.2) is 0 Å². The number of rotatable bonds is 5. The number of non-ortho nitro benzene ring substituents is 1. The lowest BCUT2D eigenvalue weighted by atomic mass is 9.91. The van der Waals surface area contributed by atoms with Crippen molar-refractivity contribution < 1.29 is 14.5 Å². The first-order valence-corrected chi connectivity index (χ1v) is 8.85. The van der Waals surface area contributed by atoms with Gasteiger partial charge in [0.15, 0.2) is 6.10 Å². The number of nitro groups is 1. The van der Waals surface area contributed by atoms with Gasteiger partial charge in [-0.1, -0.05) is 23.7 Å². The molecule has 1 amide bonds. The number of aryl methyl sites for hydroxylation is 1. The Bertz CT molecular complexity index is 853. The van der Waals surface area contributed by atoms with Gasteiger partial charge in [-0.05, 0) is 55.9 Å². The molecule has 0 heterocycles. The fourth-order valence-electron chi connectivity index (χ4n) is 3.06. The molecule has 7 heteroatoms. The van der Waals surface area contributed by atoms with Crippen molar-refractivity contribution in [2.24, 2.45) is 0 Å². The topological polar surface area (TPSA) is 81.5 Å². The Kier molecular flexibility index (Phi) is 5.42. The van der Waals surface area contributed by atoms with Gasteiger partial charge in [0.2, 0.25) is 0 Å². The van der Waals surface area contributed by atoms with Crippen LogP contribution < -0.4 is 10.1 Å². The highest BCUT2D eigenvalue weighted by Crippen LogP contribution is 2.31. The van der Waals surface area contributed by atoms with Crippen LogP contribution in [0, 0.1) is 10.1 Å². The van der Waals surface area contributed by atoms with E-state index in [0.29, 0.717) is 0 Å². The van der Waals surface area contributed by atoms with Crippen molar-refractivity contribution in [1.82, 2.24) is 0 Å². The first kappa shape index (κ1) is 18.2. The maximum absolute atomic E-state index is 12.5. The minimum absolute atomic E-state index is 0.143. The van der Waals surface area contributed by atoms with E-state index in [1.54, 1.807) is 6.92 Å². The molecule has 136 valence electrons. The van der Waals surface area contributed by atoms with E-state index in [-0.39, 0.29) is 16.4 Å². The molecular formula is C19H19ClN2O4. The summed E-state index contributed by atoms with van der Waals surface area (Å²) in [6.45, 7) is 1.64. The van der Waals surface area contributed by atoms with Crippen LogP contribution in [0.1, 0.15) is 30.9 Å². The molecule has 3 rings (SSSR count). The van der Waals surface area contributed by atoms with Crippen LogP contribution in [0.2, 0.25) is 5.02 Å². The van der Waals surface area contributed by atoms with Crippen LogP contribution >= 0.6 is 11.6 Å². The lowest BCUT2D eigenvalue weighted by Gasteiger charge is -2.22. The van der Waals surface area contributed by atoms with Gasteiger partial charge < -0.3 is 10.1 Å². The predicted molar refractivity (Wildman–Crippen MR) is 99.9 cm³/mol. The predicted octanol–water partition coefficient (Wildman–Crippen LogP) is 4.53. The molecular weight excluding hydrogens is 356 g/mol. The van der Waals surface area contributed by atoms with Crippen LogP contribution in [0.25, 0.3) is 0 Å². The fraction of sp³-hybridized carbons (Fsp3) is 0.316.